The fourth-order valence-electron chi connectivity index (χ4n) is 0.182. The number of rotatable bonds is 3. The highest BCUT2D eigenvalue weighted by Crippen LogP contribution is 2.44. The molecule has 0 aromatic rings. The summed E-state index contributed by atoms with van der Waals surface area (Å²) in [5.74, 6) is 0. The van der Waals surface area contributed by atoms with Crippen LogP contribution in [0.3, 0.4) is 0 Å². The van der Waals surface area contributed by atoms with E-state index in [-0.39, 0.29) is 0 Å². The van der Waals surface area contributed by atoms with Crippen molar-refractivity contribution < 1.29 is 28.3 Å². The van der Waals surface area contributed by atoms with Crippen LogP contribution in [0.1, 0.15) is 0 Å². The highest BCUT2D eigenvalue weighted by molar-refractivity contribution is 7.54. The predicted octanol–water partition coefficient (Wildman–Crippen LogP) is -0.0466. The minimum absolute atomic E-state index is 0.850. The molecule has 0 aromatic carbocycles. The first-order chi connectivity index (χ1) is 4.21. The van der Waals surface area contributed by atoms with Gasteiger partial charge in [-0.1, -0.05) is 0 Å². The lowest BCUT2D eigenvalue weighted by atomic mass is 11.7. The Kier molecular flexibility index (Phi) is 3.23. The van der Waals surface area contributed by atoms with Gasteiger partial charge < -0.3 is 14.7 Å². The zero-order valence-corrected chi connectivity index (χ0v) is 6.96. The van der Waals surface area contributed by atoms with E-state index in [0.29, 0.717) is 0 Å². The van der Waals surface area contributed by atoms with Gasteiger partial charge in [-0.3, -0.25) is 13.7 Å². The molecule has 0 bridgehead atoms. The maximum Gasteiger partial charge on any atom is 0.351 e. The first-order valence-corrected chi connectivity index (χ1v) is 6.02. The van der Waals surface area contributed by atoms with Crippen LogP contribution in [-0.2, 0) is 13.7 Å². The van der Waals surface area contributed by atoms with Crippen LogP contribution >= 0.6 is 15.2 Å². The van der Waals surface area contributed by atoms with Gasteiger partial charge in [0.1, 0.15) is 0 Å². The van der Waals surface area contributed by atoms with Gasteiger partial charge in [0.15, 0.2) is 6.35 Å². The van der Waals surface area contributed by atoms with E-state index in [2.05, 4.69) is 4.52 Å². The van der Waals surface area contributed by atoms with Crippen molar-refractivity contribution in [2.75, 3.05) is 13.0 Å². The van der Waals surface area contributed by atoms with E-state index >= 15 is 0 Å². The molecule has 10 heavy (non-hydrogen) atoms. The first-order valence-electron chi connectivity index (χ1n) is 2.20. The molecule has 0 radical (unpaired) electrons. The summed E-state index contributed by atoms with van der Waals surface area (Å²) in [6.07, 6.45) is -1.02. The standard InChI is InChI=1S/C2H8O6P2/c1-9(3,4)8-2-10(5,6)7/h2H2,1H3,(H,3,4)(H2,5,6,7). The molecule has 3 N–H and O–H groups in total. The lowest BCUT2D eigenvalue weighted by Gasteiger charge is -2.06. The highest BCUT2D eigenvalue weighted by Gasteiger charge is 2.19. The largest absolute Gasteiger partial charge is 0.351 e. The smallest absolute Gasteiger partial charge is 0.324 e. The first kappa shape index (κ1) is 10.3. The van der Waals surface area contributed by atoms with Gasteiger partial charge in [-0.15, -0.1) is 0 Å². The normalized spacial score (nSPS) is 18.4. The maximum atomic E-state index is 10.3. The van der Waals surface area contributed by atoms with Gasteiger partial charge in [0.2, 0.25) is 0 Å². The SMILES string of the molecule is CP(=O)(O)OCP(=O)(O)O. The number of hydrogen-bond donors (Lipinski definition) is 3. The third-order valence-electron chi connectivity index (χ3n) is 0.465. The second-order valence-electron chi connectivity index (χ2n) is 1.73. The van der Waals surface area contributed by atoms with E-state index in [1.165, 1.54) is 0 Å². The van der Waals surface area contributed by atoms with Gasteiger partial charge in [-0.05, 0) is 0 Å². The Morgan fingerprint density at radius 2 is 1.70 bits per heavy atom. The summed E-state index contributed by atoms with van der Waals surface area (Å²) >= 11 is 0. The fourth-order valence-corrected chi connectivity index (χ4v) is 1.64. The Morgan fingerprint density at radius 1 is 1.30 bits per heavy atom. The van der Waals surface area contributed by atoms with Crippen LogP contribution < -0.4 is 0 Å². The van der Waals surface area contributed by atoms with Crippen LogP contribution in [0.4, 0.5) is 0 Å². The van der Waals surface area contributed by atoms with Crippen molar-refractivity contribution in [2.45, 2.75) is 0 Å². The third-order valence-corrected chi connectivity index (χ3v) is 1.74. The minimum Gasteiger partial charge on any atom is -0.324 e. The highest BCUT2D eigenvalue weighted by atomic mass is 31.2. The molecule has 0 amide bonds. The van der Waals surface area contributed by atoms with Gasteiger partial charge in [0, 0.05) is 6.66 Å². The minimum atomic E-state index is -4.32. The van der Waals surface area contributed by atoms with Crippen LogP contribution in [0.2, 0.25) is 0 Å². The summed E-state index contributed by atoms with van der Waals surface area (Å²) < 4.78 is 24.2. The monoisotopic (exact) mass is 190 g/mol. The maximum absolute atomic E-state index is 10.3. The molecule has 0 aliphatic heterocycles. The zero-order chi connectivity index (χ0) is 8.41. The van der Waals surface area contributed by atoms with Crippen LogP contribution in [0.5, 0.6) is 0 Å². The lowest BCUT2D eigenvalue weighted by molar-refractivity contribution is 0.267. The molecule has 0 fully saturated rings. The molecule has 0 spiro atoms. The Hall–Kier alpha value is 0.300. The van der Waals surface area contributed by atoms with Gasteiger partial charge in [-0.2, -0.15) is 0 Å². The Bertz CT molecular complexity index is 164. The molecule has 1 atom stereocenters. The molecule has 0 saturated heterocycles. The van der Waals surface area contributed by atoms with Gasteiger partial charge in [0.05, 0.1) is 0 Å². The topological polar surface area (TPSA) is 104 Å². The van der Waals surface area contributed by atoms with Crippen LogP contribution in [0, 0.1) is 0 Å². The van der Waals surface area contributed by atoms with E-state index in [1.807, 2.05) is 0 Å². The molecule has 0 rings (SSSR count). The summed E-state index contributed by atoms with van der Waals surface area (Å²) in [6, 6.07) is 0. The van der Waals surface area contributed by atoms with Crippen molar-refractivity contribution in [2.24, 2.45) is 0 Å². The lowest BCUT2D eigenvalue weighted by Crippen LogP contribution is -1.92. The summed E-state index contributed by atoms with van der Waals surface area (Å²) in [5.41, 5.74) is 0. The Morgan fingerprint density at radius 3 is 1.80 bits per heavy atom. The van der Waals surface area contributed by atoms with Crippen molar-refractivity contribution in [3.8, 4) is 0 Å². The molecule has 1 unspecified atom stereocenters. The summed E-state index contributed by atoms with van der Waals surface area (Å²) in [4.78, 5) is 24.6. The van der Waals surface area contributed by atoms with E-state index in [1.54, 1.807) is 0 Å². The van der Waals surface area contributed by atoms with E-state index < -0.39 is 21.5 Å². The third kappa shape index (κ3) is 8.30. The van der Waals surface area contributed by atoms with Crippen molar-refractivity contribution in [1.82, 2.24) is 0 Å². The second-order valence-corrected chi connectivity index (χ2v) is 5.18. The zero-order valence-electron chi connectivity index (χ0n) is 5.17. The summed E-state index contributed by atoms with van der Waals surface area (Å²) in [5, 5.41) is 0. The molecular formula is C2H8O6P2. The summed E-state index contributed by atoms with van der Waals surface area (Å²) in [7, 11) is -8.07. The van der Waals surface area contributed by atoms with E-state index in [9.17, 15) is 9.13 Å². The molecule has 0 aliphatic carbocycles. The quantitative estimate of drug-likeness (QED) is 0.539. The van der Waals surface area contributed by atoms with Crippen LogP contribution in [0.15, 0.2) is 0 Å². The molecule has 0 saturated carbocycles. The van der Waals surface area contributed by atoms with Gasteiger partial charge in [-0.25, -0.2) is 0 Å². The molecule has 6 nitrogen and oxygen atoms in total. The number of hydrogen-bond acceptors (Lipinski definition) is 3. The average molecular weight is 190 g/mol. The van der Waals surface area contributed by atoms with Crippen molar-refractivity contribution in [3.63, 3.8) is 0 Å². The van der Waals surface area contributed by atoms with Crippen molar-refractivity contribution in [1.29, 1.82) is 0 Å². The predicted molar refractivity (Wildman–Crippen MR) is 33.7 cm³/mol. The molecule has 8 heteroatoms. The van der Waals surface area contributed by atoms with Gasteiger partial charge in [0.25, 0.3) is 0 Å². The average Bonchev–Trinajstić information content (AvgIpc) is 1.57. The molecule has 0 aliphatic rings. The van der Waals surface area contributed by atoms with Gasteiger partial charge >= 0.3 is 15.2 Å². The van der Waals surface area contributed by atoms with Crippen LogP contribution in [0.25, 0.3) is 0 Å². The molecular weight excluding hydrogens is 182 g/mol. The van der Waals surface area contributed by atoms with Crippen molar-refractivity contribution >= 4 is 15.2 Å². The Labute approximate surface area is 57.5 Å². The summed E-state index contributed by atoms with van der Waals surface area (Å²) in [6.45, 7) is 0.850. The van der Waals surface area contributed by atoms with Crippen molar-refractivity contribution in [3.05, 3.63) is 0 Å². The second kappa shape index (κ2) is 3.13. The Balaban J connectivity index is 3.79. The van der Waals surface area contributed by atoms with E-state index in [4.69, 9.17) is 14.7 Å². The fraction of sp³-hybridized carbons (Fsp3) is 1.00. The van der Waals surface area contributed by atoms with E-state index in [0.717, 1.165) is 6.66 Å². The molecule has 62 valence electrons. The molecule has 0 heterocycles. The molecule has 0 aromatic heterocycles. The van der Waals surface area contributed by atoms with Crippen LogP contribution in [-0.4, -0.2) is 27.7 Å².